The Balaban J connectivity index is 1.91. The summed E-state index contributed by atoms with van der Waals surface area (Å²) in [7, 11) is 0. The van der Waals surface area contributed by atoms with E-state index in [1.165, 1.54) is 6.07 Å². The number of hydrogen-bond acceptors (Lipinski definition) is 3. The highest BCUT2D eigenvalue weighted by Gasteiger charge is 2.68. The molecule has 0 saturated carbocycles. The van der Waals surface area contributed by atoms with Gasteiger partial charge in [-0.15, -0.1) is 0 Å². The zero-order valence-corrected chi connectivity index (χ0v) is 22.0. The van der Waals surface area contributed by atoms with E-state index in [0.29, 0.717) is 18.2 Å². The summed E-state index contributed by atoms with van der Waals surface area (Å²) >= 11 is 0. The summed E-state index contributed by atoms with van der Waals surface area (Å²) in [5.74, 6) is 0.767. The van der Waals surface area contributed by atoms with E-state index >= 15 is 0 Å². The molecule has 1 heterocycles. The summed E-state index contributed by atoms with van der Waals surface area (Å²) in [6.45, 7) is 8.89. The summed E-state index contributed by atoms with van der Waals surface area (Å²) in [6.07, 6.45) is -7.85. The second kappa shape index (κ2) is 11.3. The number of hydrogen-bond donors (Lipinski definition) is 1. The second-order valence-corrected chi connectivity index (χ2v) is 9.88. The van der Waals surface area contributed by atoms with E-state index in [9.17, 15) is 31.4 Å². The first kappa shape index (κ1) is 30.0. The van der Waals surface area contributed by atoms with Gasteiger partial charge in [-0.25, -0.2) is 0 Å². The lowest BCUT2D eigenvalue weighted by atomic mass is 9.70. The van der Waals surface area contributed by atoms with Crippen molar-refractivity contribution in [2.45, 2.75) is 82.9 Å². The van der Waals surface area contributed by atoms with Crippen molar-refractivity contribution in [1.82, 2.24) is 0 Å². The molecule has 2 aromatic carbocycles. The first-order valence-electron chi connectivity index (χ1n) is 12.7. The fourth-order valence-corrected chi connectivity index (χ4v) is 5.02. The van der Waals surface area contributed by atoms with Crippen molar-refractivity contribution >= 4 is 6.08 Å². The van der Waals surface area contributed by atoms with Crippen LogP contribution >= 0.6 is 0 Å². The van der Waals surface area contributed by atoms with Gasteiger partial charge in [0.05, 0.1) is 6.10 Å². The van der Waals surface area contributed by atoms with Crippen molar-refractivity contribution in [2.24, 2.45) is 0 Å². The fraction of sp³-hybridized carbons (Fsp3) is 0.517. The Hall–Kier alpha value is -2.52. The van der Waals surface area contributed by atoms with Crippen molar-refractivity contribution in [1.29, 1.82) is 0 Å². The van der Waals surface area contributed by atoms with Gasteiger partial charge in [-0.05, 0) is 79.5 Å². The Kier molecular flexibility index (Phi) is 8.93. The van der Waals surface area contributed by atoms with Crippen molar-refractivity contribution in [3.05, 3.63) is 70.3 Å². The average molecular weight is 545 g/mol. The minimum Gasteiger partial charge on any atom is -0.491 e. The van der Waals surface area contributed by atoms with E-state index in [1.807, 2.05) is 32.9 Å². The molecular weight excluding hydrogens is 510 g/mol. The van der Waals surface area contributed by atoms with Gasteiger partial charge in [-0.2, -0.15) is 26.3 Å². The van der Waals surface area contributed by atoms with Crippen molar-refractivity contribution in [3.63, 3.8) is 0 Å². The van der Waals surface area contributed by atoms with Crippen LogP contribution in [-0.4, -0.2) is 42.4 Å². The van der Waals surface area contributed by atoms with Crippen LogP contribution in [-0.2, 0) is 10.2 Å². The minimum atomic E-state index is -5.91. The molecule has 0 bridgehead atoms. The van der Waals surface area contributed by atoms with E-state index in [0.717, 1.165) is 54.7 Å². The fourth-order valence-electron chi connectivity index (χ4n) is 5.02. The SMILES string of the molecule is CCC(CC)(c1ccc(C=CC(O)(C(F)(F)F)C(F)(F)F)c(C)c1)c1ccc(OC[C@H]2CCCO2)c(C)c1. The molecule has 1 N–H and O–H groups in total. The Morgan fingerprint density at radius 2 is 1.50 bits per heavy atom. The van der Waals surface area contributed by atoms with Gasteiger partial charge in [-0.3, -0.25) is 0 Å². The van der Waals surface area contributed by atoms with E-state index < -0.39 is 23.4 Å². The van der Waals surface area contributed by atoms with Gasteiger partial charge in [-0.1, -0.05) is 50.3 Å². The molecule has 38 heavy (non-hydrogen) atoms. The topological polar surface area (TPSA) is 38.7 Å². The molecule has 2 aromatic rings. The van der Waals surface area contributed by atoms with Crippen LogP contribution in [0.1, 0.15) is 67.3 Å². The third-order valence-electron chi connectivity index (χ3n) is 7.57. The molecule has 9 heteroatoms. The first-order chi connectivity index (χ1) is 17.7. The molecule has 1 aliphatic rings. The Bertz CT molecular complexity index is 1110. The van der Waals surface area contributed by atoms with Crippen LogP contribution in [0.5, 0.6) is 5.75 Å². The lowest BCUT2D eigenvalue weighted by Gasteiger charge is -2.34. The summed E-state index contributed by atoms with van der Waals surface area (Å²) in [5, 5.41) is 9.44. The standard InChI is InChI=1S/C29H34F6O3/c1-5-26(6-2,23-11-12-25(20(4)17-23)38-18-24-8-7-15-37-24)22-10-9-21(19(3)16-22)13-14-27(36,28(30,31)32)29(33,34)35/h9-14,16-17,24,36H,5-8,15,18H2,1-4H3/t24-/m1/s1. The quantitative estimate of drug-likeness (QED) is 0.327. The number of benzene rings is 2. The van der Waals surface area contributed by atoms with E-state index in [1.54, 1.807) is 19.1 Å². The second-order valence-electron chi connectivity index (χ2n) is 9.88. The largest absolute Gasteiger partial charge is 0.491 e. The van der Waals surface area contributed by atoms with Crippen LogP contribution in [0.3, 0.4) is 0 Å². The summed E-state index contributed by atoms with van der Waals surface area (Å²) in [4.78, 5) is 0. The lowest BCUT2D eigenvalue weighted by Crippen LogP contribution is -2.55. The molecule has 0 amide bonds. The van der Waals surface area contributed by atoms with E-state index in [4.69, 9.17) is 9.47 Å². The Labute approximate surface area is 219 Å². The molecule has 1 fully saturated rings. The molecule has 3 nitrogen and oxygen atoms in total. The number of halogens is 6. The maximum absolute atomic E-state index is 13.1. The van der Waals surface area contributed by atoms with Crippen LogP contribution in [0.15, 0.2) is 42.5 Å². The first-order valence-corrected chi connectivity index (χ1v) is 12.7. The van der Waals surface area contributed by atoms with Gasteiger partial charge < -0.3 is 14.6 Å². The van der Waals surface area contributed by atoms with Crippen LogP contribution in [0, 0.1) is 13.8 Å². The van der Waals surface area contributed by atoms with Gasteiger partial charge in [0, 0.05) is 12.0 Å². The van der Waals surface area contributed by atoms with Gasteiger partial charge in [0.1, 0.15) is 12.4 Å². The smallest absolute Gasteiger partial charge is 0.430 e. The normalized spacial score (nSPS) is 17.4. The van der Waals surface area contributed by atoms with Crippen LogP contribution in [0.4, 0.5) is 26.3 Å². The number of rotatable bonds is 9. The summed E-state index contributed by atoms with van der Waals surface area (Å²) in [5.41, 5.74) is -1.83. The maximum atomic E-state index is 13.1. The summed E-state index contributed by atoms with van der Waals surface area (Å²) in [6, 6.07) is 11.0. The highest BCUT2D eigenvalue weighted by atomic mass is 19.4. The predicted octanol–water partition coefficient (Wildman–Crippen LogP) is 7.84. The highest BCUT2D eigenvalue weighted by molar-refractivity contribution is 5.57. The summed E-state index contributed by atoms with van der Waals surface area (Å²) < 4.78 is 89.9. The Morgan fingerprint density at radius 1 is 0.921 bits per heavy atom. The van der Waals surface area contributed by atoms with Gasteiger partial charge in [0.25, 0.3) is 5.60 Å². The van der Waals surface area contributed by atoms with Crippen molar-refractivity contribution in [2.75, 3.05) is 13.2 Å². The minimum absolute atomic E-state index is 0.0956. The molecule has 0 aliphatic carbocycles. The van der Waals surface area contributed by atoms with Gasteiger partial charge in [0.15, 0.2) is 0 Å². The molecule has 0 aromatic heterocycles. The lowest BCUT2D eigenvalue weighted by molar-refractivity contribution is -0.347. The molecule has 0 spiro atoms. The molecule has 0 radical (unpaired) electrons. The zero-order chi connectivity index (χ0) is 28.4. The molecular formula is C29H34F6O3. The van der Waals surface area contributed by atoms with Crippen LogP contribution in [0.25, 0.3) is 6.08 Å². The Morgan fingerprint density at radius 3 is 1.97 bits per heavy atom. The molecule has 1 atom stereocenters. The van der Waals surface area contributed by atoms with Crippen molar-refractivity contribution in [3.8, 4) is 5.75 Å². The molecule has 210 valence electrons. The number of ether oxygens (including phenoxy) is 2. The predicted molar refractivity (Wildman–Crippen MR) is 134 cm³/mol. The van der Waals surface area contributed by atoms with E-state index in [2.05, 4.69) is 6.07 Å². The highest BCUT2D eigenvalue weighted by Crippen LogP contribution is 2.45. The number of alkyl halides is 6. The maximum Gasteiger partial charge on any atom is 0.430 e. The van der Waals surface area contributed by atoms with Crippen LogP contribution in [0.2, 0.25) is 0 Å². The average Bonchev–Trinajstić information content (AvgIpc) is 3.36. The monoisotopic (exact) mass is 544 g/mol. The van der Waals surface area contributed by atoms with Crippen molar-refractivity contribution < 1.29 is 40.9 Å². The third-order valence-corrected chi connectivity index (χ3v) is 7.57. The van der Waals surface area contributed by atoms with Gasteiger partial charge in [0.2, 0.25) is 0 Å². The third kappa shape index (κ3) is 5.88. The van der Waals surface area contributed by atoms with Crippen LogP contribution < -0.4 is 4.74 Å². The van der Waals surface area contributed by atoms with Gasteiger partial charge >= 0.3 is 12.4 Å². The molecule has 1 saturated heterocycles. The molecule has 3 rings (SSSR count). The molecule has 0 unspecified atom stereocenters. The number of aryl methyl sites for hydroxylation is 2. The molecule has 1 aliphatic heterocycles. The number of aliphatic hydroxyl groups is 1. The van der Waals surface area contributed by atoms with E-state index in [-0.39, 0.29) is 17.7 Å². The zero-order valence-electron chi connectivity index (χ0n) is 22.0.